The van der Waals surface area contributed by atoms with Crippen LogP contribution in [0.5, 0.6) is 0 Å². The van der Waals surface area contributed by atoms with E-state index < -0.39 is 5.97 Å². The van der Waals surface area contributed by atoms with Gasteiger partial charge in [-0.05, 0) is 54.6 Å². The van der Waals surface area contributed by atoms with Gasteiger partial charge in [-0.15, -0.1) is 0 Å². The summed E-state index contributed by atoms with van der Waals surface area (Å²) in [6, 6.07) is 14.6. The zero-order valence-corrected chi connectivity index (χ0v) is 14.5. The molecule has 0 aliphatic heterocycles. The largest absolute Gasteiger partial charge is 0.477 e. The maximum Gasteiger partial charge on any atom is 0.352 e. The number of allylic oxidation sites excluding steroid dienone is 1. The van der Waals surface area contributed by atoms with Crippen molar-refractivity contribution in [2.24, 2.45) is 4.99 Å². The Morgan fingerprint density at radius 3 is 2.09 bits per heavy atom. The summed E-state index contributed by atoms with van der Waals surface area (Å²) in [6.07, 6.45) is 2.88. The highest BCUT2D eigenvalue weighted by molar-refractivity contribution is 9.10. The summed E-state index contributed by atoms with van der Waals surface area (Å²) in [4.78, 5) is 15.4. The van der Waals surface area contributed by atoms with E-state index in [4.69, 9.17) is 0 Å². The van der Waals surface area contributed by atoms with E-state index in [9.17, 15) is 9.90 Å². The van der Waals surface area contributed by atoms with Crippen LogP contribution in [0, 0.1) is 0 Å². The predicted octanol–water partition coefficient (Wildman–Crippen LogP) is 4.99. The molecule has 0 fully saturated rings. The fourth-order valence-corrected chi connectivity index (χ4v) is 2.11. The van der Waals surface area contributed by atoms with E-state index >= 15 is 0 Å². The molecule has 2 aromatic rings. The summed E-state index contributed by atoms with van der Waals surface area (Å²) in [5.74, 6) is -1.05. The molecule has 0 spiro atoms. The lowest BCUT2D eigenvalue weighted by Gasteiger charge is -2.06. The topological polar surface area (TPSA) is 61.7 Å². The Morgan fingerprint density at radius 1 is 1.00 bits per heavy atom. The van der Waals surface area contributed by atoms with Gasteiger partial charge in [0.05, 0.1) is 5.69 Å². The Bertz CT molecular complexity index is 708. The van der Waals surface area contributed by atoms with Crippen LogP contribution in [-0.4, -0.2) is 17.3 Å². The fourth-order valence-electron chi connectivity index (χ4n) is 1.58. The summed E-state index contributed by atoms with van der Waals surface area (Å²) in [5, 5.41) is 12.1. The first-order valence-electron chi connectivity index (χ1n) is 6.30. The smallest absolute Gasteiger partial charge is 0.352 e. The van der Waals surface area contributed by atoms with E-state index in [-0.39, 0.29) is 5.70 Å². The van der Waals surface area contributed by atoms with Crippen LogP contribution in [-0.2, 0) is 4.79 Å². The van der Waals surface area contributed by atoms with Gasteiger partial charge in [0.15, 0.2) is 0 Å². The summed E-state index contributed by atoms with van der Waals surface area (Å²) in [7, 11) is 0. The minimum Gasteiger partial charge on any atom is -0.477 e. The van der Waals surface area contributed by atoms with Crippen LogP contribution in [0.2, 0.25) is 0 Å². The van der Waals surface area contributed by atoms with Crippen LogP contribution in [0.25, 0.3) is 0 Å². The molecule has 0 atom stereocenters. The van der Waals surface area contributed by atoms with Crippen LogP contribution in [0.1, 0.15) is 0 Å². The van der Waals surface area contributed by atoms with Crippen LogP contribution in [0.15, 0.2) is 74.2 Å². The number of carbonyl (C=O) groups is 1. The highest BCUT2D eigenvalue weighted by Gasteiger charge is 2.06. The first-order valence-corrected chi connectivity index (χ1v) is 7.89. The number of benzene rings is 2. The van der Waals surface area contributed by atoms with E-state index in [0.29, 0.717) is 5.69 Å². The van der Waals surface area contributed by atoms with Gasteiger partial charge in [-0.25, -0.2) is 4.79 Å². The number of carboxylic acids is 1. The van der Waals surface area contributed by atoms with Gasteiger partial charge in [-0.1, -0.05) is 31.9 Å². The van der Waals surface area contributed by atoms with Crippen LogP contribution >= 0.6 is 31.9 Å². The molecular formula is C16H12Br2N2O2. The SMILES string of the molecule is O=C(O)/C(=C\C=Nc1ccc(Br)cc1)Nc1ccc(Br)cc1. The maximum absolute atomic E-state index is 11.2. The number of hydrogen-bond acceptors (Lipinski definition) is 3. The average molecular weight is 424 g/mol. The van der Waals surface area contributed by atoms with Crippen molar-refractivity contribution in [1.82, 2.24) is 0 Å². The Kier molecular flexibility index (Phi) is 5.91. The van der Waals surface area contributed by atoms with E-state index in [1.54, 1.807) is 12.1 Å². The maximum atomic E-state index is 11.2. The van der Waals surface area contributed by atoms with E-state index in [2.05, 4.69) is 42.2 Å². The number of hydrogen-bond donors (Lipinski definition) is 2. The lowest BCUT2D eigenvalue weighted by Crippen LogP contribution is -2.10. The lowest BCUT2D eigenvalue weighted by atomic mass is 10.3. The Balaban J connectivity index is 2.11. The second kappa shape index (κ2) is 7.91. The Hall–Kier alpha value is -1.92. The van der Waals surface area contributed by atoms with Crippen molar-refractivity contribution in [3.63, 3.8) is 0 Å². The molecule has 0 saturated heterocycles. The van der Waals surface area contributed by atoms with Gasteiger partial charge in [-0.2, -0.15) is 0 Å². The number of anilines is 1. The quantitative estimate of drug-likeness (QED) is 0.525. The summed E-state index contributed by atoms with van der Waals surface area (Å²) >= 11 is 6.67. The third kappa shape index (κ3) is 5.13. The second-order valence-corrected chi connectivity index (χ2v) is 6.10. The van der Waals surface area contributed by atoms with E-state index in [1.165, 1.54) is 12.3 Å². The standard InChI is InChI=1S/C16H12Br2N2O2/c17-11-1-5-13(6-2-11)19-10-9-15(16(21)22)20-14-7-3-12(18)4-8-14/h1-10,20H,(H,21,22)/b15-9+,19-10?. The molecule has 0 amide bonds. The number of rotatable bonds is 5. The highest BCUT2D eigenvalue weighted by Crippen LogP contribution is 2.17. The van der Waals surface area contributed by atoms with Crippen LogP contribution < -0.4 is 5.32 Å². The molecule has 0 aliphatic rings. The molecule has 2 rings (SSSR count). The molecule has 0 unspecified atom stereocenters. The molecule has 0 saturated carbocycles. The highest BCUT2D eigenvalue weighted by atomic mass is 79.9. The Morgan fingerprint density at radius 2 is 1.55 bits per heavy atom. The first kappa shape index (κ1) is 16.5. The van der Waals surface area contributed by atoms with Gasteiger partial charge in [0.1, 0.15) is 5.70 Å². The minimum absolute atomic E-state index is 0.0446. The molecule has 6 heteroatoms. The molecule has 2 aromatic carbocycles. The average Bonchev–Trinajstić information content (AvgIpc) is 2.50. The first-order chi connectivity index (χ1) is 10.5. The molecule has 4 nitrogen and oxygen atoms in total. The third-order valence-corrected chi connectivity index (χ3v) is 3.70. The summed E-state index contributed by atoms with van der Waals surface area (Å²) in [5.41, 5.74) is 1.48. The Labute approximate surface area is 144 Å². The number of aliphatic imine (C=N–C) groups is 1. The van der Waals surface area contributed by atoms with Gasteiger partial charge in [0.25, 0.3) is 0 Å². The van der Waals surface area contributed by atoms with Crippen molar-refractivity contribution >= 4 is 55.4 Å². The van der Waals surface area contributed by atoms with E-state index in [1.807, 2.05) is 36.4 Å². The molecule has 0 bridgehead atoms. The molecule has 0 aliphatic carbocycles. The predicted molar refractivity (Wildman–Crippen MR) is 95.8 cm³/mol. The molecule has 0 heterocycles. The van der Waals surface area contributed by atoms with Gasteiger partial charge in [0.2, 0.25) is 0 Å². The molecule has 0 aromatic heterocycles. The van der Waals surface area contributed by atoms with Gasteiger partial charge < -0.3 is 10.4 Å². The van der Waals surface area contributed by atoms with Crippen LogP contribution in [0.3, 0.4) is 0 Å². The molecular weight excluding hydrogens is 412 g/mol. The van der Waals surface area contributed by atoms with Crippen molar-refractivity contribution in [2.75, 3.05) is 5.32 Å². The number of carboxylic acid groups (broad SMARTS) is 1. The lowest BCUT2D eigenvalue weighted by molar-refractivity contribution is -0.132. The zero-order valence-electron chi connectivity index (χ0n) is 11.3. The molecule has 112 valence electrons. The van der Waals surface area contributed by atoms with Crippen molar-refractivity contribution in [2.45, 2.75) is 0 Å². The number of halogens is 2. The van der Waals surface area contributed by atoms with Crippen molar-refractivity contribution in [3.05, 3.63) is 69.2 Å². The van der Waals surface area contributed by atoms with Crippen LogP contribution in [0.4, 0.5) is 11.4 Å². The second-order valence-electron chi connectivity index (χ2n) is 4.27. The van der Waals surface area contributed by atoms with E-state index in [0.717, 1.165) is 14.6 Å². The minimum atomic E-state index is -1.05. The van der Waals surface area contributed by atoms with Gasteiger partial charge in [0, 0.05) is 20.8 Å². The number of nitrogens with one attached hydrogen (secondary N) is 1. The van der Waals surface area contributed by atoms with Crippen molar-refractivity contribution < 1.29 is 9.90 Å². The molecule has 22 heavy (non-hydrogen) atoms. The van der Waals surface area contributed by atoms with Crippen molar-refractivity contribution in [1.29, 1.82) is 0 Å². The zero-order chi connectivity index (χ0) is 15.9. The fraction of sp³-hybridized carbons (Fsp3) is 0. The van der Waals surface area contributed by atoms with Gasteiger partial charge >= 0.3 is 5.97 Å². The normalized spacial score (nSPS) is 11.6. The third-order valence-electron chi connectivity index (χ3n) is 2.65. The summed E-state index contributed by atoms with van der Waals surface area (Å²) in [6.45, 7) is 0. The molecule has 0 radical (unpaired) electrons. The summed E-state index contributed by atoms with van der Waals surface area (Å²) < 4.78 is 1.89. The van der Waals surface area contributed by atoms with Crippen molar-refractivity contribution in [3.8, 4) is 0 Å². The number of aliphatic carboxylic acids is 1. The number of nitrogens with zero attached hydrogens (tertiary/aromatic N) is 1. The van der Waals surface area contributed by atoms with Gasteiger partial charge in [-0.3, -0.25) is 4.99 Å². The monoisotopic (exact) mass is 422 g/mol. The molecule has 2 N–H and O–H groups in total.